The van der Waals surface area contributed by atoms with Crippen LogP contribution in [0.25, 0.3) is 10.9 Å². The first kappa shape index (κ1) is 25.6. The normalized spacial score (nSPS) is 14.6. The van der Waals surface area contributed by atoms with Crippen molar-refractivity contribution in [2.75, 3.05) is 52.4 Å². The van der Waals surface area contributed by atoms with E-state index in [4.69, 9.17) is 4.99 Å². The molecule has 2 aromatic carbocycles. The second-order valence-electron chi connectivity index (χ2n) is 9.02. The Morgan fingerprint density at radius 2 is 1.69 bits per heavy atom. The van der Waals surface area contributed by atoms with E-state index in [-0.39, 0.29) is 10.9 Å². The fraction of sp³-hybridized carbons (Fsp3) is 0.370. The van der Waals surface area contributed by atoms with Gasteiger partial charge in [0.2, 0.25) is 0 Å². The van der Waals surface area contributed by atoms with E-state index in [9.17, 15) is 14.0 Å². The summed E-state index contributed by atoms with van der Waals surface area (Å²) < 4.78 is 14.5. The number of ketones is 1. The molecule has 0 saturated carbocycles. The second kappa shape index (κ2) is 11.5. The molecule has 1 saturated heterocycles. The molecule has 3 aromatic rings. The Kier molecular flexibility index (Phi) is 8.20. The molecule has 1 N–H and O–H groups in total. The van der Waals surface area contributed by atoms with E-state index in [1.54, 1.807) is 11.0 Å². The number of halogens is 1. The molecule has 4 rings (SSSR count). The number of piperazine rings is 1. The molecule has 1 aromatic heterocycles. The number of benzene rings is 2. The monoisotopic (exact) mass is 489 g/mol. The van der Waals surface area contributed by atoms with Gasteiger partial charge >= 0.3 is 0 Å². The summed E-state index contributed by atoms with van der Waals surface area (Å²) >= 11 is 0. The first-order chi connectivity index (χ1) is 17.4. The zero-order valence-corrected chi connectivity index (χ0v) is 21.3. The number of carbonyl (C=O) groups excluding carboxylic acids is 2. The average molecular weight is 489 g/mol. The first-order valence-corrected chi connectivity index (χ1v) is 12.6. The van der Waals surface area contributed by atoms with Gasteiger partial charge in [-0.1, -0.05) is 55.7 Å². The van der Waals surface area contributed by atoms with Gasteiger partial charge in [0.05, 0.1) is 12.1 Å². The number of aliphatic imine (C=N–C) groups is 1. The van der Waals surface area contributed by atoms with E-state index in [1.165, 1.54) is 12.3 Å². The van der Waals surface area contributed by atoms with E-state index in [2.05, 4.69) is 28.6 Å². The number of carbonyl (C=O) groups is 2. The quantitative estimate of drug-likeness (QED) is 0.172. The number of rotatable bonds is 8. The van der Waals surface area contributed by atoms with Gasteiger partial charge in [-0.25, -0.2) is 4.39 Å². The molecule has 1 aliphatic rings. The number of nitrogens with one attached hydrogen (secondary N) is 1. The predicted molar refractivity (Wildman–Crippen MR) is 145 cm³/mol. The van der Waals surface area contributed by atoms with Crippen LogP contribution in [0.3, 0.4) is 0 Å². The van der Waals surface area contributed by atoms with Crippen molar-refractivity contribution in [3.8, 4) is 0 Å². The van der Waals surface area contributed by atoms with Crippen molar-refractivity contribution in [3.63, 3.8) is 0 Å². The zero-order valence-electron chi connectivity index (χ0n) is 21.3. The third-order valence-corrected chi connectivity index (χ3v) is 6.90. The summed E-state index contributed by atoms with van der Waals surface area (Å²) in [5.41, 5.74) is 2.49. The lowest BCUT2D eigenvalue weighted by molar-refractivity contribution is -0.127. The van der Waals surface area contributed by atoms with Crippen molar-refractivity contribution in [2.45, 2.75) is 13.8 Å². The summed E-state index contributed by atoms with van der Waals surface area (Å²) in [7, 11) is 1.83. The van der Waals surface area contributed by atoms with E-state index in [0.29, 0.717) is 38.2 Å². The third-order valence-electron chi connectivity index (χ3n) is 6.90. The van der Waals surface area contributed by atoms with Gasteiger partial charge in [0.15, 0.2) is 0 Å². The van der Waals surface area contributed by atoms with Gasteiger partial charge in [-0.05, 0) is 19.2 Å². The molecule has 7 nitrogen and oxygen atoms in total. The van der Waals surface area contributed by atoms with Crippen LogP contribution in [-0.2, 0) is 4.79 Å². The Morgan fingerprint density at radius 1 is 1.03 bits per heavy atom. The van der Waals surface area contributed by atoms with Crippen LogP contribution in [0.1, 0.15) is 29.8 Å². The highest BCUT2D eigenvalue weighted by Crippen LogP contribution is 2.21. The summed E-state index contributed by atoms with van der Waals surface area (Å²) in [5.74, 6) is -0.881. The van der Waals surface area contributed by atoms with Crippen molar-refractivity contribution in [1.82, 2.24) is 19.7 Å². The number of aromatic nitrogens is 1. The van der Waals surface area contributed by atoms with Crippen molar-refractivity contribution in [3.05, 3.63) is 65.6 Å². The third kappa shape index (κ3) is 5.36. The topological polar surface area (TPSA) is 72.0 Å². The number of hydrogen-bond donors (Lipinski definition) is 1. The maximum Gasteiger partial charge on any atom is 0.295 e. The van der Waals surface area contributed by atoms with E-state index in [1.807, 2.05) is 38.2 Å². The fourth-order valence-electron chi connectivity index (χ4n) is 4.70. The fourth-order valence-corrected chi connectivity index (χ4v) is 4.70. The molecule has 188 valence electrons. The van der Waals surface area contributed by atoms with E-state index < -0.39 is 17.5 Å². The number of fused-ring (bicyclic) bond motifs is 1. The van der Waals surface area contributed by atoms with Crippen LogP contribution in [-0.4, -0.2) is 97.4 Å². The number of amides is 1. The van der Waals surface area contributed by atoms with Crippen molar-refractivity contribution >= 4 is 41.7 Å². The Balaban J connectivity index is 1.46. The first-order valence-electron chi connectivity index (χ1n) is 12.6. The minimum absolute atomic E-state index is 0.0848. The Morgan fingerprint density at radius 3 is 2.36 bits per heavy atom. The predicted octanol–water partition coefficient (Wildman–Crippen LogP) is 1.68. The SMILES string of the molecule is Bc1ccc(F)c2c(C(=O)C(=O)N3CCN(/C(=N/CCN(CC)CC)c4ccccc4)CC3)c[nH]c12. The van der Waals surface area contributed by atoms with Gasteiger partial charge in [0.1, 0.15) is 19.5 Å². The number of amidine groups is 1. The molecule has 1 amide bonds. The van der Waals surface area contributed by atoms with Crippen LogP contribution in [0.4, 0.5) is 4.39 Å². The van der Waals surface area contributed by atoms with E-state index in [0.717, 1.165) is 36.5 Å². The van der Waals surface area contributed by atoms with Crippen LogP contribution < -0.4 is 5.46 Å². The summed E-state index contributed by atoms with van der Waals surface area (Å²) in [4.78, 5) is 40.1. The molecule has 36 heavy (non-hydrogen) atoms. The molecule has 1 aliphatic heterocycles. The highest BCUT2D eigenvalue weighted by Gasteiger charge is 2.30. The molecule has 1 fully saturated rings. The standard InChI is InChI=1S/C27H33BFN5O2/c1-3-32(4-2)13-12-30-26(19-8-6-5-7-9-19)33-14-16-34(17-15-33)27(36)25(35)20-18-31-24-21(28)10-11-22(29)23(20)24/h5-11,18,31H,3-4,12-17,28H2,1-2H3/b30-26+. The number of Topliss-reactive ketones (excluding diaryl/α,β-unsaturated/α-hetero) is 1. The summed E-state index contributed by atoms with van der Waals surface area (Å²) in [5, 5.41) is 0.179. The molecule has 9 heteroatoms. The summed E-state index contributed by atoms with van der Waals surface area (Å²) in [6, 6.07) is 13.0. The van der Waals surface area contributed by atoms with Crippen molar-refractivity contribution in [2.24, 2.45) is 4.99 Å². The highest BCUT2D eigenvalue weighted by molar-refractivity contribution is 6.46. The summed E-state index contributed by atoms with van der Waals surface area (Å²) in [6.07, 6.45) is 1.44. The molecule has 0 spiro atoms. The summed E-state index contributed by atoms with van der Waals surface area (Å²) in [6.45, 7) is 9.78. The second-order valence-corrected chi connectivity index (χ2v) is 9.02. The number of nitrogens with zero attached hydrogens (tertiary/aromatic N) is 4. The van der Waals surface area contributed by atoms with E-state index >= 15 is 0 Å². The Hall–Kier alpha value is -3.46. The highest BCUT2D eigenvalue weighted by atomic mass is 19.1. The Labute approximate surface area is 212 Å². The molecule has 0 aliphatic carbocycles. The Bertz CT molecular complexity index is 1250. The minimum Gasteiger partial charge on any atom is -0.361 e. The maximum absolute atomic E-state index is 14.5. The van der Waals surface area contributed by atoms with Gasteiger partial charge in [0, 0.05) is 55.4 Å². The molecular formula is C27H33BFN5O2. The number of aromatic amines is 1. The van der Waals surface area contributed by atoms with Gasteiger partial charge in [-0.2, -0.15) is 0 Å². The maximum atomic E-state index is 14.5. The van der Waals surface area contributed by atoms with Crippen molar-refractivity contribution in [1.29, 1.82) is 0 Å². The van der Waals surface area contributed by atoms with Crippen LogP contribution in [0, 0.1) is 5.82 Å². The largest absolute Gasteiger partial charge is 0.361 e. The van der Waals surface area contributed by atoms with Crippen LogP contribution >= 0.6 is 0 Å². The van der Waals surface area contributed by atoms with Crippen molar-refractivity contribution < 1.29 is 14.0 Å². The number of H-pyrrole nitrogens is 1. The lowest BCUT2D eigenvalue weighted by Gasteiger charge is -2.36. The molecule has 0 unspecified atom stereocenters. The number of hydrogen-bond acceptors (Lipinski definition) is 4. The molecular weight excluding hydrogens is 456 g/mol. The molecule has 0 atom stereocenters. The zero-order chi connectivity index (χ0) is 25.7. The van der Waals surface area contributed by atoms with Crippen LogP contribution in [0.5, 0.6) is 0 Å². The minimum atomic E-state index is -0.685. The van der Waals surface area contributed by atoms with Gasteiger partial charge < -0.3 is 19.7 Å². The molecule has 0 radical (unpaired) electrons. The average Bonchev–Trinajstić information content (AvgIpc) is 3.37. The number of likely N-dealkylation sites (N-methyl/N-ethyl adjacent to an activating group) is 1. The lowest BCUT2D eigenvalue weighted by Crippen LogP contribution is -2.52. The van der Waals surface area contributed by atoms with Crippen LogP contribution in [0.15, 0.2) is 53.7 Å². The molecule has 0 bridgehead atoms. The lowest BCUT2D eigenvalue weighted by atomic mass is 9.92. The van der Waals surface area contributed by atoms with Crippen LogP contribution in [0.2, 0.25) is 0 Å². The molecule has 2 heterocycles. The van der Waals surface area contributed by atoms with Gasteiger partial charge in [0.25, 0.3) is 11.7 Å². The van der Waals surface area contributed by atoms with Gasteiger partial charge in [-0.3, -0.25) is 14.6 Å². The smallest absolute Gasteiger partial charge is 0.295 e. The van der Waals surface area contributed by atoms with Gasteiger partial charge in [-0.15, -0.1) is 0 Å².